The fourth-order valence-electron chi connectivity index (χ4n) is 3.54. The van der Waals surface area contributed by atoms with Crippen LogP contribution in [0.1, 0.15) is 23.0 Å². The molecule has 7 heteroatoms. The number of carbonyl (C=O) groups excluding carboxylic acids is 1. The second-order valence-corrected chi connectivity index (χ2v) is 7.23. The fourth-order valence-corrected chi connectivity index (χ4v) is 3.54. The molecule has 0 spiro atoms. The minimum Gasteiger partial charge on any atom is -0.494 e. The number of nitrogens with zero attached hydrogens (tertiary/aromatic N) is 3. The zero-order chi connectivity index (χ0) is 20.9. The van der Waals surface area contributed by atoms with Crippen molar-refractivity contribution in [2.24, 2.45) is 0 Å². The Morgan fingerprint density at radius 2 is 1.87 bits per heavy atom. The molecule has 4 rings (SSSR count). The summed E-state index contributed by atoms with van der Waals surface area (Å²) in [5.74, 6) is 0.508. The van der Waals surface area contributed by atoms with Gasteiger partial charge in [0.2, 0.25) is 5.76 Å². The van der Waals surface area contributed by atoms with Gasteiger partial charge in [-0.05, 0) is 36.8 Å². The van der Waals surface area contributed by atoms with Crippen molar-refractivity contribution >= 4 is 5.91 Å². The summed E-state index contributed by atoms with van der Waals surface area (Å²) in [5, 5.41) is 3.92. The Kier molecular flexibility index (Phi) is 6.09. The summed E-state index contributed by atoms with van der Waals surface area (Å²) in [7, 11) is 0. The van der Waals surface area contributed by atoms with Gasteiger partial charge in [0.1, 0.15) is 17.3 Å². The Labute approximate surface area is 174 Å². The third kappa shape index (κ3) is 4.68. The van der Waals surface area contributed by atoms with Crippen LogP contribution < -0.4 is 4.74 Å². The van der Waals surface area contributed by atoms with Gasteiger partial charge < -0.3 is 14.2 Å². The molecule has 1 aromatic heterocycles. The van der Waals surface area contributed by atoms with Gasteiger partial charge in [-0.15, -0.1) is 0 Å². The quantitative estimate of drug-likeness (QED) is 0.619. The first-order valence-corrected chi connectivity index (χ1v) is 10.1. The van der Waals surface area contributed by atoms with Gasteiger partial charge in [-0.3, -0.25) is 9.69 Å². The molecule has 2 aromatic carbocycles. The lowest BCUT2D eigenvalue weighted by Crippen LogP contribution is -2.48. The normalized spacial score (nSPS) is 14.7. The Hall–Kier alpha value is -3.19. The number of piperazine rings is 1. The summed E-state index contributed by atoms with van der Waals surface area (Å²) in [6.45, 7) is 6.26. The second-order valence-electron chi connectivity index (χ2n) is 7.23. The summed E-state index contributed by atoms with van der Waals surface area (Å²) in [5.41, 5.74) is 2.25. The molecule has 0 radical (unpaired) electrons. The molecule has 3 aromatic rings. The van der Waals surface area contributed by atoms with E-state index in [4.69, 9.17) is 9.26 Å². The van der Waals surface area contributed by atoms with Crippen LogP contribution in [0.2, 0.25) is 0 Å². The van der Waals surface area contributed by atoms with E-state index < -0.39 is 0 Å². The maximum atomic E-state index is 13.4. The van der Waals surface area contributed by atoms with Gasteiger partial charge in [0, 0.05) is 44.4 Å². The van der Waals surface area contributed by atoms with Crippen LogP contribution in [-0.4, -0.2) is 53.6 Å². The van der Waals surface area contributed by atoms with E-state index in [1.165, 1.54) is 17.7 Å². The van der Waals surface area contributed by atoms with Crippen LogP contribution in [0.5, 0.6) is 5.75 Å². The van der Waals surface area contributed by atoms with E-state index in [0.29, 0.717) is 31.0 Å². The van der Waals surface area contributed by atoms with Gasteiger partial charge in [0.25, 0.3) is 5.91 Å². The van der Waals surface area contributed by atoms with Crippen molar-refractivity contribution in [3.05, 3.63) is 71.7 Å². The predicted octanol–water partition coefficient (Wildman–Crippen LogP) is 3.84. The van der Waals surface area contributed by atoms with E-state index in [1.54, 1.807) is 23.1 Å². The number of aromatic nitrogens is 1. The van der Waals surface area contributed by atoms with Crippen molar-refractivity contribution in [2.45, 2.75) is 13.5 Å². The summed E-state index contributed by atoms with van der Waals surface area (Å²) >= 11 is 0. The number of amides is 1. The minimum absolute atomic E-state index is 0.175. The van der Waals surface area contributed by atoms with Gasteiger partial charge in [-0.2, -0.15) is 0 Å². The molecule has 1 saturated heterocycles. The molecule has 0 unspecified atom stereocenters. The van der Waals surface area contributed by atoms with Crippen molar-refractivity contribution in [3.8, 4) is 17.0 Å². The molecule has 30 heavy (non-hydrogen) atoms. The second kappa shape index (κ2) is 9.09. The van der Waals surface area contributed by atoms with Crippen molar-refractivity contribution in [1.29, 1.82) is 0 Å². The molecule has 6 nitrogen and oxygen atoms in total. The topological polar surface area (TPSA) is 58.8 Å². The summed E-state index contributed by atoms with van der Waals surface area (Å²) in [6, 6.07) is 15.8. The van der Waals surface area contributed by atoms with Crippen LogP contribution in [-0.2, 0) is 6.54 Å². The zero-order valence-electron chi connectivity index (χ0n) is 16.9. The van der Waals surface area contributed by atoms with Crippen LogP contribution in [0.3, 0.4) is 0 Å². The number of rotatable bonds is 6. The van der Waals surface area contributed by atoms with Crippen molar-refractivity contribution < 1.29 is 18.4 Å². The van der Waals surface area contributed by atoms with Gasteiger partial charge in [-0.1, -0.05) is 29.4 Å². The van der Waals surface area contributed by atoms with E-state index in [0.717, 1.165) is 25.4 Å². The average molecular weight is 409 g/mol. The van der Waals surface area contributed by atoms with Crippen LogP contribution in [0.15, 0.2) is 59.1 Å². The average Bonchev–Trinajstić information content (AvgIpc) is 3.26. The Morgan fingerprint density at radius 1 is 1.10 bits per heavy atom. The summed E-state index contributed by atoms with van der Waals surface area (Å²) in [4.78, 5) is 16.8. The van der Waals surface area contributed by atoms with Crippen LogP contribution in [0.4, 0.5) is 4.39 Å². The molecule has 2 heterocycles. The number of halogens is 1. The van der Waals surface area contributed by atoms with Gasteiger partial charge in [0.05, 0.1) is 6.61 Å². The molecular weight excluding hydrogens is 385 g/mol. The lowest BCUT2D eigenvalue weighted by atomic mass is 10.1. The molecule has 1 amide bonds. The van der Waals surface area contributed by atoms with Crippen molar-refractivity contribution in [1.82, 2.24) is 15.0 Å². The van der Waals surface area contributed by atoms with E-state index >= 15 is 0 Å². The first-order valence-electron chi connectivity index (χ1n) is 10.1. The first kappa shape index (κ1) is 20.1. The van der Waals surface area contributed by atoms with E-state index in [2.05, 4.69) is 22.2 Å². The van der Waals surface area contributed by atoms with E-state index in [9.17, 15) is 9.18 Å². The molecule has 0 atom stereocenters. The lowest BCUT2D eigenvalue weighted by molar-refractivity contribution is 0.0588. The maximum absolute atomic E-state index is 13.4. The molecular formula is C23H24FN3O3. The number of hydrogen-bond donors (Lipinski definition) is 0. The van der Waals surface area contributed by atoms with Crippen molar-refractivity contribution in [3.63, 3.8) is 0 Å². The maximum Gasteiger partial charge on any atom is 0.292 e. The Morgan fingerprint density at radius 3 is 2.57 bits per heavy atom. The monoisotopic (exact) mass is 409 g/mol. The highest BCUT2D eigenvalue weighted by atomic mass is 19.1. The lowest BCUT2D eigenvalue weighted by Gasteiger charge is -2.34. The molecule has 0 N–H and O–H groups in total. The molecule has 0 saturated carbocycles. The number of ether oxygens (including phenoxy) is 1. The van der Waals surface area contributed by atoms with Crippen LogP contribution in [0, 0.1) is 5.82 Å². The molecule has 156 valence electrons. The molecule has 1 aliphatic rings. The smallest absolute Gasteiger partial charge is 0.292 e. The van der Waals surface area contributed by atoms with Crippen molar-refractivity contribution in [2.75, 3.05) is 32.8 Å². The van der Waals surface area contributed by atoms with Gasteiger partial charge in [0.15, 0.2) is 0 Å². The number of benzene rings is 2. The summed E-state index contributed by atoms with van der Waals surface area (Å²) in [6.07, 6.45) is 0. The largest absolute Gasteiger partial charge is 0.494 e. The Bertz CT molecular complexity index is 995. The minimum atomic E-state index is -0.355. The van der Waals surface area contributed by atoms with E-state index in [-0.39, 0.29) is 17.5 Å². The highest BCUT2D eigenvalue weighted by Crippen LogP contribution is 2.21. The van der Waals surface area contributed by atoms with Gasteiger partial charge in [-0.25, -0.2) is 4.39 Å². The number of carbonyl (C=O) groups is 1. The fraction of sp³-hybridized carbons (Fsp3) is 0.304. The highest BCUT2D eigenvalue weighted by Gasteiger charge is 2.25. The highest BCUT2D eigenvalue weighted by molar-refractivity contribution is 5.92. The molecule has 0 aliphatic carbocycles. The summed E-state index contributed by atoms with van der Waals surface area (Å²) < 4.78 is 24.1. The molecule has 1 aliphatic heterocycles. The first-order chi connectivity index (χ1) is 14.6. The van der Waals surface area contributed by atoms with Crippen LogP contribution >= 0.6 is 0 Å². The van der Waals surface area contributed by atoms with Crippen LogP contribution in [0.25, 0.3) is 11.3 Å². The number of hydrogen-bond acceptors (Lipinski definition) is 5. The molecule has 0 bridgehead atoms. The zero-order valence-corrected chi connectivity index (χ0v) is 16.9. The molecule has 1 fully saturated rings. The van der Waals surface area contributed by atoms with Gasteiger partial charge >= 0.3 is 0 Å². The standard InChI is InChI=1S/C23H24FN3O3/c1-2-29-20-8-6-17(7-9-20)16-26-10-12-27(13-11-26)23(28)22-15-21(25-30-22)18-4-3-5-19(24)14-18/h3-9,14-15H,2,10-13,16H2,1H3. The predicted molar refractivity (Wildman–Crippen MR) is 111 cm³/mol. The van der Waals surface area contributed by atoms with E-state index in [1.807, 2.05) is 19.1 Å². The SMILES string of the molecule is CCOc1ccc(CN2CCN(C(=O)c3cc(-c4cccc(F)c4)no3)CC2)cc1. The third-order valence-corrected chi connectivity index (χ3v) is 5.14. The Balaban J connectivity index is 1.32. The third-order valence-electron chi connectivity index (χ3n) is 5.14.